The number of rotatable bonds is 9. The fraction of sp³-hybridized carbons (Fsp3) is 0.647. The second kappa shape index (κ2) is 8.98. The van der Waals surface area contributed by atoms with Gasteiger partial charge in [-0.3, -0.25) is 0 Å². The highest BCUT2D eigenvalue weighted by Gasteiger charge is 2.01. The molecule has 0 aliphatic heterocycles. The lowest BCUT2D eigenvalue weighted by atomic mass is 10.1. The fourth-order valence-corrected chi connectivity index (χ4v) is 2.04. The molecule has 0 saturated heterocycles. The Bertz CT molecular complexity index is 362. The van der Waals surface area contributed by atoms with Gasteiger partial charge in [-0.25, -0.2) is 0 Å². The second-order valence-corrected chi connectivity index (χ2v) is 5.45. The molecule has 1 N–H and O–H groups in total. The highest BCUT2D eigenvalue weighted by Crippen LogP contribution is 2.16. The van der Waals surface area contributed by atoms with E-state index in [1.807, 2.05) is 0 Å². The lowest BCUT2D eigenvalue weighted by Crippen LogP contribution is -2.26. The first-order valence-corrected chi connectivity index (χ1v) is 7.57. The molecule has 19 heavy (non-hydrogen) atoms. The summed E-state index contributed by atoms with van der Waals surface area (Å²) in [6.45, 7) is 10.7. The maximum absolute atomic E-state index is 5.78. The molecule has 108 valence electrons. The zero-order valence-electron chi connectivity index (χ0n) is 13.0. The molecule has 0 amide bonds. The smallest absolute Gasteiger partial charge is 0.119 e. The first-order chi connectivity index (χ1) is 9.13. The topological polar surface area (TPSA) is 21.3 Å². The lowest BCUT2D eigenvalue weighted by molar-refractivity contribution is 0.301. The van der Waals surface area contributed by atoms with Gasteiger partial charge in [0.1, 0.15) is 5.75 Å². The molecule has 0 aromatic heterocycles. The Morgan fingerprint density at radius 3 is 2.63 bits per heavy atom. The number of ether oxygens (including phenoxy) is 1. The number of benzene rings is 1. The van der Waals surface area contributed by atoms with Crippen LogP contribution < -0.4 is 10.1 Å². The summed E-state index contributed by atoms with van der Waals surface area (Å²) in [5.74, 6) is 1.00. The molecule has 1 aromatic carbocycles. The van der Waals surface area contributed by atoms with Crippen LogP contribution in [0.25, 0.3) is 0 Å². The van der Waals surface area contributed by atoms with Gasteiger partial charge < -0.3 is 10.1 Å². The molecule has 0 aliphatic carbocycles. The molecule has 0 heterocycles. The van der Waals surface area contributed by atoms with Gasteiger partial charge in [-0.2, -0.15) is 0 Å². The molecule has 0 radical (unpaired) electrons. The van der Waals surface area contributed by atoms with Crippen molar-refractivity contribution in [3.8, 4) is 5.75 Å². The van der Waals surface area contributed by atoms with Crippen molar-refractivity contribution in [3.05, 3.63) is 29.3 Å². The minimum absolute atomic E-state index is 0.626. The first-order valence-electron chi connectivity index (χ1n) is 7.57. The van der Waals surface area contributed by atoms with E-state index in [-0.39, 0.29) is 0 Å². The first kappa shape index (κ1) is 16.0. The van der Waals surface area contributed by atoms with Gasteiger partial charge in [-0.15, -0.1) is 0 Å². The van der Waals surface area contributed by atoms with Crippen molar-refractivity contribution in [2.75, 3.05) is 13.2 Å². The van der Waals surface area contributed by atoms with Crippen LogP contribution in [-0.2, 0) is 0 Å². The maximum atomic E-state index is 5.78. The molecular formula is C17H29NO. The summed E-state index contributed by atoms with van der Waals surface area (Å²) in [5.41, 5.74) is 2.62. The van der Waals surface area contributed by atoms with Crippen molar-refractivity contribution >= 4 is 0 Å². The number of unbranched alkanes of at least 4 members (excludes halogenated alkanes) is 1. The molecule has 2 nitrogen and oxygen atoms in total. The Kier molecular flexibility index (Phi) is 7.57. The van der Waals surface area contributed by atoms with Gasteiger partial charge in [0.15, 0.2) is 0 Å². The predicted molar refractivity (Wildman–Crippen MR) is 83.0 cm³/mol. The Balaban J connectivity index is 2.12. The van der Waals surface area contributed by atoms with Gasteiger partial charge in [0.05, 0.1) is 6.61 Å². The molecule has 1 aromatic rings. The van der Waals surface area contributed by atoms with Crippen molar-refractivity contribution < 1.29 is 4.74 Å². The molecule has 2 heteroatoms. The molecule has 0 saturated carbocycles. The zero-order valence-corrected chi connectivity index (χ0v) is 13.0. The third kappa shape index (κ3) is 6.63. The van der Waals surface area contributed by atoms with Crippen LogP contribution >= 0.6 is 0 Å². The minimum atomic E-state index is 0.626. The largest absolute Gasteiger partial charge is 0.494 e. The van der Waals surface area contributed by atoms with Crippen LogP contribution in [0.4, 0.5) is 0 Å². The summed E-state index contributed by atoms with van der Waals surface area (Å²) < 4.78 is 5.78. The molecular weight excluding hydrogens is 234 g/mol. The second-order valence-electron chi connectivity index (χ2n) is 5.45. The van der Waals surface area contributed by atoms with Gasteiger partial charge in [0.25, 0.3) is 0 Å². The van der Waals surface area contributed by atoms with Crippen molar-refractivity contribution in [2.24, 2.45) is 0 Å². The van der Waals surface area contributed by atoms with Gasteiger partial charge in [0, 0.05) is 6.04 Å². The summed E-state index contributed by atoms with van der Waals surface area (Å²) in [7, 11) is 0. The highest BCUT2D eigenvalue weighted by atomic mass is 16.5. The summed E-state index contributed by atoms with van der Waals surface area (Å²) in [6.07, 6.45) is 4.80. The van der Waals surface area contributed by atoms with Crippen LogP contribution in [0.1, 0.15) is 50.7 Å². The molecule has 1 rings (SSSR count). The average Bonchev–Trinajstić information content (AvgIpc) is 2.40. The normalized spacial score (nSPS) is 12.4. The molecule has 0 fully saturated rings. The van der Waals surface area contributed by atoms with Crippen LogP contribution in [0, 0.1) is 13.8 Å². The number of hydrogen-bond donors (Lipinski definition) is 1. The van der Waals surface area contributed by atoms with Crippen LogP contribution in [0.3, 0.4) is 0 Å². The van der Waals surface area contributed by atoms with Crippen molar-refractivity contribution in [2.45, 2.75) is 59.4 Å². The minimum Gasteiger partial charge on any atom is -0.494 e. The van der Waals surface area contributed by atoms with Gasteiger partial charge >= 0.3 is 0 Å². The number of hydrogen-bond acceptors (Lipinski definition) is 2. The monoisotopic (exact) mass is 263 g/mol. The molecule has 1 atom stereocenters. The molecule has 0 spiro atoms. The summed E-state index contributed by atoms with van der Waals surface area (Å²) in [5, 5.41) is 3.51. The van der Waals surface area contributed by atoms with Gasteiger partial charge in [-0.05, 0) is 76.3 Å². The highest BCUT2D eigenvalue weighted by molar-refractivity contribution is 5.33. The van der Waals surface area contributed by atoms with E-state index < -0.39 is 0 Å². The zero-order chi connectivity index (χ0) is 14.1. The van der Waals surface area contributed by atoms with Crippen LogP contribution in [0.2, 0.25) is 0 Å². The Morgan fingerprint density at radius 2 is 1.95 bits per heavy atom. The van der Waals surface area contributed by atoms with E-state index in [4.69, 9.17) is 4.74 Å². The number of nitrogens with one attached hydrogen (secondary N) is 1. The van der Waals surface area contributed by atoms with Crippen molar-refractivity contribution in [3.63, 3.8) is 0 Å². The van der Waals surface area contributed by atoms with E-state index in [9.17, 15) is 0 Å². The van der Waals surface area contributed by atoms with Crippen LogP contribution in [0.15, 0.2) is 18.2 Å². The van der Waals surface area contributed by atoms with Crippen molar-refractivity contribution in [1.82, 2.24) is 5.32 Å². The van der Waals surface area contributed by atoms with Crippen LogP contribution in [-0.4, -0.2) is 19.2 Å². The molecule has 1 unspecified atom stereocenters. The average molecular weight is 263 g/mol. The third-order valence-corrected chi connectivity index (χ3v) is 3.52. The van der Waals surface area contributed by atoms with E-state index in [0.717, 1.165) is 25.3 Å². The summed E-state index contributed by atoms with van der Waals surface area (Å²) in [6, 6.07) is 6.94. The molecule has 0 aliphatic rings. The van der Waals surface area contributed by atoms with E-state index in [1.165, 1.54) is 30.4 Å². The van der Waals surface area contributed by atoms with Crippen molar-refractivity contribution in [1.29, 1.82) is 0 Å². The van der Waals surface area contributed by atoms with E-state index in [2.05, 4.69) is 51.2 Å². The van der Waals surface area contributed by atoms with E-state index in [1.54, 1.807) is 0 Å². The Labute approximate surface area is 118 Å². The summed E-state index contributed by atoms with van der Waals surface area (Å²) in [4.78, 5) is 0. The van der Waals surface area contributed by atoms with E-state index >= 15 is 0 Å². The van der Waals surface area contributed by atoms with Gasteiger partial charge in [-0.1, -0.05) is 13.0 Å². The third-order valence-electron chi connectivity index (χ3n) is 3.52. The quantitative estimate of drug-likeness (QED) is 0.673. The Morgan fingerprint density at radius 1 is 1.16 bits per heavy atom. The number of aryl methyl sites for hydroxylation is 2. The Hall–Kier alpha value is -1.02. The summed E-state index contributed by atoms with van der Waals surface area (Å²) >= 11 is 0. The standard InChI is InChI=1S/C17H29NO/c1-5-11-18-16(4)8-6-7-12-19-17-10-9-14(2)15(3)13-17/h9-10,13,16,18H,5-8,11-12H2,1-4H3. The van der Waals surface area contributed by atoms with E-state index in [0.29, 0.717) is 6.04 Å². The maximum Gasteiger partial charge on any atom is 0.119 e. The van der Waals surface area contributed by atoms with Crippen LogP contribution in [0.5, 0.6) is 5.75 Å². The fourth-order valence-electron chi connectivity index (χ4n) is 2.04. The predicted octanol–water partition coefficient (Wildman–Crippen LogP) is 4.24. The molecule has 0 bridgehead atoms. The lowest BCUT2D eigenvalue weighted by Gasteiger charge is -2.13. The SMILES string of the molecule is CCCNC(C)CCCCOc1ccc(C)c(C)c1. The van der Waals surface area contributed by atoms with Gasteiger partial charge in [0.2, 0.25) is 0 Å².